The van der Waals surface area contributed by atoms with Crippen LogP contribution in [-0.2, 0) is 17.6 Å². The van der Waals surface area contributed by atoms with Crippen molar-refractivity contribution in [3.8, 4) is 0 Å². The van der Waals surface area contributed by atoms with Crippen LogP contribution in [0.1, 0.15) is 63.0 Å². The van der Waals surface area contributed by atoms with E-state index in [0.717, 1.165) is 38.5 Å². The van der Waals surface area contributed by atoms with Gasteiger partial charge in [0.15, 0.2) is 0 Å². The van der Waals surface area contributed by atoms with Crippen LogP contribution in [0.3, 0.4) is 0 Å². The predicted molar refractivity (Wildman–Crippen MR) is 94.2 cm³/mol. The van der Waals surface area contributed by atoms with Gasteiger partial charge in [0.25, 0.3) is 0 Å². The maximum absolute atomic E-state index is 12.4. The minimum Gasteiger partial charge on any atom is -0.353 e. The largest absolute Gasteiger partial charge is 0.353 e. The maximum atomic E-state index is 12.4. The van der Waals surface area contributed by atoms with Crippen LogP contribution >= 0.6 is 0 Å². The number of rotatable bonds is 6. The number of hydrogen-bond donors (Lipinski definition) is 2. The SMILES string of the molecule is CC(Cc1cccc(CC2(N)CC2)c1)C(=O)NC1CCCCC1. The fraction of sp³-hybridized carbons (Fsp3) is 0.650. The van der Waals surface area contributed by atoms with Gasteiger partial charge in [-0.15, -0.1) is 0 Å². The molecule has 126 valence electrons. The van der Waals surface area contributed by atoms with E-state index in [2.05, 4.69) is 29.6 Å². The van der Waals surface area contributed by atoms with Crippen molar-refractivity contribution in [1.29, 1.82) is 0 Å². The van der Waals surface area contributed by atoms with Gasteiger partial charge >= 0.3 is 0 Å². The smallest absolute Gasteiger partial charge is 0.223 e. The van der Waals surface area contributed by atoms with Crippen LogP contribution in [0, 0.1) is 5.92 Å². The van der Waals surface area contributed by atoms with E-state index in [9.17, 15) is 4.79 Å². The zero-order chi connectivity index (χ0) is 16.3. The Morgan fingerprint density at radius 3 is 2.65 bits per heavy atom. The summed E-state index contributed by atoms with van der Waals surface area (Å²) in [6.45, 7) is 2.04. The molecule has 2 saturated carbocycles. The summed E-state index contributed by atoms with van der Waals surface area (Å²) in [6.07, 6.45) is 10.2. The van der Waals surface area contributed by atoms with Crippen LogP contribution < -0.4 is 11.1 Å². The first-order valence-corrected chi connectivity index (χ1v) is 9.21. The molecule has 3 N–H and O–H groups in total. The van der Waals surface area contributed by atoms with Crippen molar-refractivity contribution < 1.29 is 4.79 Å². The van der Waals surface area contributed by atoms with Gasteiger partial charge in [-0.05, 0) is 49.7 Å². The van der Waals surface area contributed by atoms with Crippen LogP contribution in [0.25, 0.3) is 0 Å². The van der Waals surface area contributed by atoms with E-state index >= 15 is 0 Å². The molecule has 3 rings (SSSR count). The molecule has 1 aromatic carbocycles. The molecule has 2 aliphatic rings. The Kier molecular flexibility index (Phi) is 5.05. The van der Waals surface area contributed by atoms with Crippen LogP contribution in [0.2, 0.25) is 0 Å². The number of carbonyl (C=O) groups is 1. The first kappa shape index (κ1) is 16.5. The monoisotopic (exact) mass is 314 g/mol. The lowest BCUT2D eigenvalue weighted by Crippen LogP contribution is -2.39. The summed E-state index contributed by atoms with van der Waals surface area (Å²) in [7, 11) is 0. The van der Waals surface area contributed by atoms with Gasteiger partial charge in [0.05, 0.1) is 0 Å². The molecule has 1 atom stereocenters. The highest BCUT2D eigenvalue weighted by Gasteiger charge is 2.37. The fourth-order valence-electron chi connectivity index (χ4n) is 3.65. The van der Waals surface area contributed by atoms with Gasteiger partial charge in [-0.3, -0.25) is 4.79 Å². The maximum Gasteiger partial charge on any atom is 0.223 e. The number of hydrogen-bond acceptors (Lipinski definition) is 2. The summed E-state index contributed by atoms with van der Waals surface area (Å²) in [5, 5.41) is 3.24. The van der Waals surface area contributed by atoms with E-state index < -0.39 is 0 Å². The third kappa shape index (κ3) is 4.81. The van der Waals surface area contributed by atoms with Crippen molar-refractivity contribution in [2.24, 2.45) is 11.7 Å². The molecule has 3 heteroatoms. The average molecular weight is 314 g/mol. The van der Waals surface area contributed by atoms with Crippen LogP contribution in [0.4, 0.5) is 0 Å². The van der Waals surface area contributed by atoms with Crippen molar-refractivity contribution in [2.75, 3.05) is 0 Å². The van der Waals surface area contributed by atoms with Gasteiger partial charge in [-0.25, -0.2) is 0 Å². The van der Waals surface area contributed by atoms with Gasteiger partial charge in [-0.2, -0.15) is 0 Å². The van der Waals surface area contributed by atoms with E-state index in [1.807, 2.05) is 6.92 Å². The van der Waals surface area contributed by atoms with E-state index in [4.69, 9.17) is 5.73 Å². The van der Waals surface area contributed by atoms with Crippen molar-refractivity contribution in [3.05, 3.63) is 35.4 Å². The molecule has 1 aromatic rings. The highest BCUT2D eigenvalue weighted by Crippen LogP contribution is 2.35. The quantitative estimate of drug-likeness (QED) is 0.846. The highest BCUT2D eigenvalue weighted by molar-refractivity contribution is 5.78. The topological polar surface area (TPSA) is 55.1 Å². The fourth-order valence-corrected chi connectivity index (χ4v) is 3.65. The predicted octanol–water partition coefficient (Wildman–Crippen LogP) is 3.35. The third-order valence-corrected chi connectivity index (χ3v) is 5.38. The van der Waals surface area contributed by atoms with Crippen molar-refractivity contribution in [1.82, 2.24) is 5.32 Å². The molecule has 0 heterocycles. The molecule has 1 unspecified atom stereocenters. The van der Waals surface area contributed by atoms with E-state index in [1.54, 1.807) is 0 Å². The molecule has 0 saturated heterocycles. The number of nitrogens with two attached hydrogens (primary N) is 1. The number of carbonyl (C=O) groups excluding carboxylic acids is 1. The molecule has 0 bridgehead atoms. The Bertz CT molecular complexity index is 544. The number of benzene rings is 1. The Hall–Kier alpha value is -1.35. The molecule has 0 radical (unpaired) electrons. The normalized spacial score (nSPS) is 21.7. The summed E-state index contributed by atoms with van der Waals surface area (Å²) in [6, 6.07) is 9.02. The number of amides is 1. The molecular formula is C20H30N2O. The Balaban J connectivity index is 1.53. The standard InChI is InChI=1S/C20H30N2O/c1-15(19(23)22-18-8-3-2-4-9-18)12-16-6-5-7-17(13-16)14-20(21)10-11-20/h5-7,13,15,18H,2-4,8-12,14,21H2,1H3,(H,22,23). The zero-order valence-corrected chi connectivity index (χ0v) is 14.3. The second-order valence-corrected chi connectivity index (χ2v) is 7.81. The molecule has 23 heavy (non-hydrogen) atoms. The van der Waals surface area contributed by atoms with Gasteiger partial charge in [-0.1, -0.05) is 50.5 Å². The molecule has 2 fully saturated rings. The summed E-state index contributed by atoms with van der Waals surface area (Å²) in [5.41, 5.74) is 8.82. The van der Waals surface area contributed by atoms with E-state index in [0.29, 0.717) is 6.04 Å². The molecule has 2 aliphatic carbocycles. The molecule has 0 aromatic heterocycles. The van der Waals surface area contributed by atoms with Crippen LogP contribution in [0.5, 0.6) is 0 Å². The molecule has 1 amide bonds. The second kappa shape index (κ2) is 7.04. The molecular weight excluding hydrogens is 284 g/mol. The van der Waals surface area contributed by atoms with Crippen LogP contribution in [0.15, 0.2) is 24.3 Å². The van der Waals surface area contributed by atoms with E-state index in [1.165, 1.54) is 30.4 Å². The molecule has 3 nitrogen and oxygen atoms in total. The first-order chi connectivity index (χ1) is 11.0. The van der Waals surface area contributed by atoms with Crippen molar-refractivity contribution in [3.63, 3.8) is 0 Å². The highest BCUT2D eigenvalue weighted by atomic mass is 16.1. The lowest BCUT2D eigenvalue weighted by Gasteiger charge is -2.24. The lowest BCUT2D eigenvalue weighted by molar-refractivity contribution is -0.125. The Labute approximate surface area is 140 Å². The summed E-state index contributed by atoms with van der Waals surface area (Å²) >= 11 is 0. The molecule has 0 aliphatic heterocycles. The Morgan fingerprint density at radius 1 is 1.26 bits per heavy atom. The lowest BCUT2D eigenvalue weighted by atomic mass is 9.93. The summed E-state index contributed by atoms with van der Waals surface area (Å²) < 4.78 is 0. The van der Waals surface area contributed by atoms with E-state index in [-0.39, 0.29) is 17.4 Å². The second-order valence-electron chi connectivity index (χ2n) is 7.81. The summed E-state index contributed by atoms with van der Waals surface area (Å²) in [5.74, 6) is 0.236. The minimum absolute atomic E-state index is 0.0277. The first-order valence-electron chi connectivity index (χ1n) is 9.21. The van der Waals surface area contributed by atoms with Gasteiger partial charge in [0.2, 0.25) is 5.91 Å². The molecule has 0 spiro atoms. The van der Waals surface area contributed by atoms with Gasteiger partial charge in [0, 0.05) is 17.5 Å². The average Bonchev–Trinajstić information content (AvgIpc) is 3.25. The Morgan fingerprint density at radius 2 is 1.96 bits per heavy atom. The number of nitrogens with one attached hydrogen (secondary N) is 1. The minimum atomic E-state index is 0.0277. The van der Waals surface area contributed by atoms with Crippen LogP contribution in [-0.4, -0.2) is 17.5 Å². The van der Waals surface area contributed by atoms with Crippen molar-refractivity contribution in [2.45, 2.75) is 76.3 Å². The van der Waals surface area contributed by atoms with Gasteiger partial charge in [0.1, 0.15) is 0 Å². The van der Waals surface area contributed by atoms with Crippen molar-refractivity contribution >= 4 is 5.91 Å². The third-order valence-electron chi connectivity index (χ3n) is 5.38. The summed E-state index contributed by atoms with van der Waals surface area (Å²) in [4.78, 5) is 12.4. The zero-order valence-electron chi connectivity index (χ0n) is 14.3. The van der Waals surface area contributed by atoms with Gasteiger partial charge < -0.3 is 11.1 Å².